The van der Waals surface area contributed by atoms with Crippen LogP contribution in [0.15, 0.2) is 174 Å². The van der Waals surface area contributed by atoms with Gasteiger partial charge in [0.1, 0.15) is 11.2 Å². The number of hydrogen-bond acceptors (Lipinski definition) is 2. The van der Waals surface area contributed by atoms with Crippen LogP contribution in [0, 0.1) is 0 Å². The lowest BCUT2D eigenvalue weighted by Gasteiger charge is -2.30. The van der Waals surface area contributed by atoms with Crippen molar-refractivity contribution < 1.29 is 4.42 Å². The molecule has 0 atom stereocenters. The maximum atomic E-state index is 6.91. The number of rotatable bonds is 5. The number of hydrogen-bond donors (Lipinski definition) is 0. The Balaban J connectivity index is 1.09. The highest BCUT2D eigenvalue weighted by molar-refractivity contribution is 6.12. The first-order valence-electron chi connectivity index (χ1n) is 19.4. The molecule has 0 saturated carbocycles. The molecule has 262 valence electrons. The molecular formula is C53H39NO. The molecule has 8 aromatic carbocycles. The van der Waals surface area contributed by atoms with Crippen molar-refractivity contribution in [3.05, 3.63) is 192 Å². The predicted octanol–water partition coefficient (Wildman–Crippen LogP) is 14.8. The first kappa shape index (κ1) is 31.8. The van der Waals surface area contributed by atoms with Crippen molar-refractivity contribution >= 4 is 55.8 Å². The Morgan fingerprint density at radius 3 is 2.13 bits per heavy atom. The van der Waals surface area contributed by atoms with Gasteiger partial charge in [-0.2, -0.15) is 0 Å². The van der Waals surface area contributed by atoms with Crippen molar-refractivity contribution in [1.29, 1.82) is 0 Å². The summed E-state index contributed by atoms with van der Waals surface area (Å²) < 4.78 is 6.91. The van der Waals surface area contributed by atoms with Crippen LogP contribution < -0.4 is 4.90 Å². The summed E-state index contributed by atoms with van der Waals surface area (Å²) >= 11 is 0. The van der Waals surface area contributed by atoms with E-state index in [0.717, 1.165) is 40.5 Å². The molecule has 0 N–H and O–H groups in total. The molecule has 1 aromatic heterocycles. The molecule has 2 aliphatic carbocycles. The Kier molecular flexibility index (Phi) is 7.06. The van der Waals surface area contributed by atoms with Crippen LogP contribution in [-0.4, -0.2) is 0 Å². The van der Waals surface area contributed by atoms with E-state index in [-0.39, 0.29) is 5.41 Å². The molecule has 2 nitrogen and oxygen atoms in total. The molecule has 0 aliphatic heterocycles. The predicted molar refractivity (Wildman–Crippen MR) is 232 cm³/mol. The number of anilines is 3. The van der Waals surface area contributed by atoms with Gasteiger partial charge < -0.3 is 9.32 Å². The van der Waals surface area contributed by atoms with Gasteiger partial charge in [-0.3, -0.25) is 0 Å². The summed E-state index contributed by atoms with van der Waals surface area (Å²) in [5, 5.41) is 4.71. The van der Waals surface area contributed by atoms with Gasteiger partial charge in [-0.25, -0.2) is 0 Å². The molecule has 0 fully saturated rings. The lowest BCUT2D eigenvalue weighted by atomic mass is 9.81. The quantitative estimate of drug-likeness (QED) is 0.177. The van der Waals surface area contributed by atoms with E-state index in [1.807, 2.05) is 0 Å². The van der Waals surface area contributed by atoms with Gasteiger partial charge in [-0.1, -0.05) is 147 Å². The smallest absolute Gasteiger partial charge is 0.143 e. The number of furan rings is 1. The van der Waals surface area contributed by atoms with Gasteiger partial charge in [0.05, 0.1) is 11.4 Å². The average molecular weight is 706 g/mol. The third-order valence-corrected chi connectivity index (χ3v) is 12.1. The van der Waals surface area contributed by atoms with E-state index in [2.05, 4.69) is 195 Å². The molecule has 55 heavy (non-hydrogen) atoms. The Labute approximate surface area is 321 Å². The summed E-state index contributed by atoms with van der Waals surface area (Å²) in [5.74, 6) is 0. The van der Waals surface area contributed by atoms with E-state index in [4.69, 9.17) is 4.42 Å². The minimum Gasteiger partial charge on any atom is -0.455 e. The van der Waals surface area contributed by atoms with Crippen LogP contribution in [-0.2, 0) is 11.8 Å². The third-order valence-electron chi connectivity index (χ3n) is 12.1. The van der Waals surface area contributed by atoms with E-state index < -0.39 is 0 Å². The topological polar surface area (TPSA) is 16.4 Å². The monoisotopic (exact) mass is 705 g/mol. The fourth-order valence-electron chi connectivity index (χ4n) is 9.33. The van der Waals surface area contributed by atoms with Gasteiger partial charge in [0.2, 0.25) is 0 Å². The second kappa shape index (κ2) is 12.2. The normalized spacial score (nSPS) is 13.9. The maximum absolute atomic E-state index is 6.91. The Morgan fingerprint density at radius 2 is 1.24 bits per heavy atom. The van der Waals surface area contributed by atoms with Crippen molar-refractivity contribution in [2.24, 2.45) is 0 Å². The Morgan fingerprint density at radius 1 is 0.527 bits per heavy atom. The molecule has 11 rings (SSSR count). The van der Waals surface area contributed by atoms with E-state index in [1.165, 1.54) is 77.8 Å². The van der Waals surface area contributed by atoms with Crippen LogP contribution in [0.5, 0.6) is 0 Å². The Hall–Kier alpha value is -6.64. The first-order valence-corrected chi connectivity index (χ1v) is 19.4. The van der Waals surface area contributed by atoms with E-state index in [9.17, 15) is 0 Å². The summed E-state index contributed by atoms with van der Waals surface area (Å²) in [6, 6.07) is 60.0. The summed E-state index contributed by atoms with van der Waals surface area (Å²) in [6.07, 6.45) is 6.51. The average Bonchev–Trinajstić information content (AvgIpc) is 3.73. The van der Waals surface area contributed by atoms with Gasteiger partial charge in [-0.15, -0.1) is 0 Å². The van der Waals surface area contributed by atoms with Crippen LogP contribution in [0.2, 0.25) is 0 Å². The SMILES string of the molecule is CC1(C)c2ccccc2-c2ccc(-c3ccc4c(c3)oc3c5c(c(N(c6ccc(-c7ccccc7)cc6)c6cccc7ccccc67)cc34)CCC=C5)cc21. The highest BCUT2D eigenvalue weighted by atomic mass is 16.3. The summed E-state index contributed by atoms with van der Waals surface area (Å²) in [7, 11) is 0. The van der Waals surface area contributed by atoms with E-state index >= 15 is 0 Å². The highest BCUT2D eigenvalue weighted by Crippen LogP contribution is 2.51. The van der Waals surface area contributed by atoms with Crippen LogP contribution in [0.25, 0.3) is 72.2 Å². The van der Waals surface area contributed by atoms with Gasteiger partial charge in [0, 0.05) is 32.8 Å². The standard InChI is InChI=1S/C53H39NO/c1-53(2)47-21-11-10-18-41(47)42-29-25-37(31-48(42)53)38-26-30-44-46-33-50(43-19-8-9-20-45(43)52(46)55-51(44)32-38)54(49-22-12-16-36-15-6-7-17-40(36)49)39-27-23-35(24-28-39)34-13-4-3-5-14-34/h3-7,9-18,20-33H,8,19H2,1-2H3. The molecule has 2 aliphatic rings. The zero-order chi connectivity index (χ0) is 36.7. The van der Waals surface area contributed by atoms with Crippen molar-refractivity contribution in [2.45, 2.75) is 32.1 Å². The fraction of sp³-hybridized carbons (Fsp3) is 0.0943. The maximum Gasteiger partial charge on any atom is 0.143 e. The second-order valence-electron chi connectivity index (χ2n) is 15.6. The minimum absolute atomic E-state index is 0.0506. The number of allylic oxidation sites excluding steroid dienone is 1. The number of benzene rings is 8. The molecule has 0 radical (unpaired) electrons. The zero-order valence-corrected chi connectivity index (χ0v) is 31.0. The minimum atomic E-state index is -0.0506. The van der Waals surface area contributed by atoms with Crippen molar-refractivity contribution in [3.8, 4) is 33.4 Å². The molecule has 0 amide bonds. The number of nitrogens with zero attached hydrogens (tertiary/aromatic N) is 1. The third kappa shape index (κ3) is 4.95. The van der Waals surface area contributed by atoms with E-state index in [1.54, 1.807) is 0 Å². The lowest BCUT2D eigenvalue weighted by Crippen LogP contribution is -2.14. The van der Waals surface area contributed by atoms with Crippen LogP contribution >= 0.6 is 0 Å². The van der Waals surface area contributed by atoms with Crippen molar-refractivity contribution in [3.63, 3.8) is 0 Å². The zero-order valence-electron chi connectivity index (χ0n) is 31.0. The molecule has 0 spiro atoms. The lowest BCUT2D eigenvalue weighted by molar-refractivity contribution is 0.660. The molecule has 0 bridgehead atoms. The number of fused-ring (bicyclic) bond motifs is 9. The van der Waals surface area contributed by atoms with Gasteiger partial charge >= 0.3 is 0 Å². The first-order chi connectivity index (χ1) is 27.0. The van der Waals surface area contributed by atoms with Crippen LogP contribution in [0.3, 0.4) is 0 Å². The second-order valence-corrected chi connectivity index (χ2v) is 15.6. The molecule has 0 saturated heterocycles. The Bertz CT molecular complexity index is 2990. The van der Waals surface area contributed by atoms with Crippen molar-refractivity contribution in [1.82, 2.24) is 0 Å². The van der Waals surface area contributed by atoms with Crippen molar-refractivity contribution in [2.75, 3.05) is 4.90 Å². The largest absolute Gasteiger partial charge is 0.455 e. The van der Waals surface area contributed by atoms with Gasteiger partial charge in [0.15, 0.2) is 0 Å². The molecule has 9 aromatic rings. The summed E-state index contributed by atoms with van der Waals surface area (Å²) in [4.78, 5) is 2.48. The molecule has 0 unspecified atom stereocenters. The van der Waals surface area contributed by atoms with Crippen LogP contribution in [0.4, 0.5) is 17.1 Å². The highest BCUT2D eigenvalue weighted by Gasteiger charge is 2.35. The summed E-state index contributed by atoms with van der Waals surface area (Å²) in [6.45, 7) is 4.69. The molecular weight excluding hydrogens is 667 g/mol. The van der Waals surface area contributed by atoms with E-state index in [0.29, 0.717) is 0 Å². The van der Waals surface area contributed by atoms with Gasteiger partial charge in [-0.05, 0) is 111 Å². The van der Waals surface area contributed by atoms with Crippen LogP contribution in [0.1, 0.15) is 42.5 Å². The molecule has 2 heteroatoms. The van der Waals surface area contributed by atoms with Gasteiger partial charge in [0.25, 0.3) is 0 Å². The fourth-order valence-corrected chi connectivity index (χ4v) is 9.33. The summed E-state index contributed by atoms with van der Waals surface area (Å²) in [5.41, 5.74) is 18.1. The molecule has 1 heterocycles.